The molecule has 1 aliphatic heterocycles. The average Bonchev–Trinajstić information content (AvgIpc) is 2.79. The first-order chi connectivity index (χ1) is 8.59. The van der Waals surface area contributed by atoms with E-state index in [-0.39, 0.29) is 30.1 Å². The third-order valence-corrected chi connectivity index (χ3v) is 4.28. The number of carbonyl (C=O) groups is 2. The summed E-state index contributed by atoms with van der Waals surface area (Å²) in [6.45, 7) is 3.82. The Balaban J connectivity index is 1.98. The van der Waals surface area contributed by atoms with Crippen LogP contribution >= 0.6 is 11.8 Å². The highest BCUT2D eigenvalue weighted by molar-refractivity contribution is 7.99. The third kappa shape index (κ3) is 2.75. The molecule has 96 valence electrons. The lowest BCUT2D eigenvalue weighted by atomic mass is 10.0. The van der Waals surface area contributed by atoms with Crippen LogP contribution in [0.15, 0.2) is 29.2 Å². The van der Waals surface area contributed by atoms with Crippen LogP contribution in [-0.4, -0.2) is 24.0 Å². The quantitative estimate of drug-likeness (QED) is 0.906. The van der Waals surface area contributed by atoms with E-state index in [1.807, 2.05) is 38.1 Å². The van der Waals surface area contributed by atoms with Crippen LogP contribution in [0.2, 0.25) is 0 Å². The lowest BCUT2D eigenvalue weighted by Crippen LogP contribution is -2.35. The molecular formula is C14H17NO2S. The zero-order valence-corrected chi connectivity index (χ0v) is 11.4. The van der Waals surface area contributed by atoms with Crippen molar-refractivity contribution in [3.63, 3.8) is 0 Å². The number of benzene rings is 1. The molecule has 1 aromatic carbocycles. The molecule has 0 aliphatic carbocycles. The van der Waals surface area contributed by atoms with Gasteiger partial charge in [0.1, 0.15) is 0 Å². The number of carbonyl (C=O) groups excluding carboxylic acids is 2. The van der Waals surface area contributed by atoms with Gasteiger partial charge in [-0.2, -0.15) is 0 Å². The van der Waals surface area contributed by atoms with Gasteiger partial charge in [-0.25, -0.2) is 0 Å². The van der Waals surface area contributed by atoms with E-state index in [2.05, 4.69) is 5.32 Å². The summed E-state index contributed by atoms with van der Waals surface area (Å²) in [5, 5.41) is 2.74. The maximum atomic E-state index is 12.1. The zero-order chi connectivity index (χ0) is 13.1. The first-order valence-electron chi connectivity index (χ1n) is 6.11. The number of hydrogen-bond acceptors (Lipinski definition) is 3. The van der Waals surface area contributed by atoms with Crippen molar-refractivity contribution in [3.05, 3.63) is 29.8 Å². The highest BCUT2D eigenvalue weighted by Gasteiger charge is 2.28. The number of nitrogens with one attached hydrogen (secondary N) is 1. The number of hydrogen-bond donors (Lipinski definition) is 1. The highest BCUT2D eigenvalue weighted by atomic mass is 32.2. The summed E-state index contributed by atoms with van der Waals surface area (Å²) in [5.41, 5.74) is 1.08. The molecule has 0 saturated heterocycles. The molecule has 1 unspecified atom stereocenters. The van der Waals surface area contributed by atoms with Crippen molar-refractivity contribution in [2.24, 2.45) is 5.92 Å². The number of amides is 1. The Bertz CT molecular complexity index is 471. The second kappa shape index (κ2) is 5.57. The molecule has 1 aromatic rings. The van der Waals surface area contributed by atoms with Crippen LogP contribution in [-0.2, 0) is 9.59 Å². The number of rotatable bonds is 4. The third-order valence-electron chi connectivity index (χ3n) is 3.10. The van der Waals surface area contributed by atoms with E-state index >= 15 is 0 Å². The molecule has 2 rings (SSSR count). The second-order valence-corrected chi connectivity index (χ2v) is 5.80. The maximum absolute atomic E-state index is 12.1. The van der Waals surface area contributed by atoms with Gasteiger partial charge in [0.25, 0.3) is 0 Å². The van der Waals surface area contributed by atoms with Crippen molar-refractivity contribution in [1.29, 1.82) is 0 Å². The molecule has 0 fully saturated rings. The van der Waals surface area contributed by atoms with Crippen molar-refractivity contribution in [1.82, 2.24) is 5.32 Å². The lowest BCUT2D eigenvalue weighted by Gasteiger charge is -2.12. The summed E-state index contributed by atoms with van der Waals surface area (Å²) in [7, 11) is 0. The molecule has 1 amide bonds. The Morgan fingerprint density at radius 1 is 1.39 bits per heavy atom. The molecule has 0 spiro atoms. The molecule has 1 N–H and O–H groups in total. The van der Waals surface area contributed by atoms with Gasteiger partial charge in [-0.1, -0.05) is 32.0 Å². The van der Waals surface area contributed by atoms with E-state index in [9.17, 15) is 9.59 Å². The van der Waals surface area contributed by atoms with E-state index in [4.69, 9.17) is 0 Å². The topological polar surface area (TPSA) is 46.2 Å². The van der Waals surface area contributed by atoms with Crippen molar-refractivity contribution in [2.45, 2.75) is 24.7 Å². The monoisotopic (exact) mass is 263 g/mol. The maximum Gasteiger partial charge on any atom is 0.228 e. The normalized spacial score (nSPS) is 17.6. The molecule has 0 saturated carbocycles. The summed E-state index contributed by atoms with van der Waals surface area (Å²) >= 11 is 1.70. The van der Waals surface area contributed by atoms with Gasteiger partial charge in [-0.15, -0.1) is 11.8 Å². The first kappa shape index (κ1) is 13.1. The van der Waals surface area contributed by atoms with E-state index in [0.717, 1.165) is 11.3 Å². The van der Waals surface area contributed by atoms with Crippen LogP contribution in [0.3, 0.4) is 0 Å². The van der Waals surface area contributed by atoms with Crippen molar-refractivity contribution in [2.75, 3.05) is 12.3 Å². The number of ketones is 1. The molecule has 4 heteroatoms. The molecule has 0 bridgehead atoms. The fraction of sp³-hybridized carbons (Fsp3) is 0.429. The van der Waals surface area contributed by atoms with Gasteiger partial charge < -0.3 is 5.32 Å². The fourth-order valence-electron chi connectivity index (χ4n) is 1.88. The zero-order valence-electron chi connectivity index (χ0n) is 10.6. The Kier molecular flexibility index (Phi) is 4.07. The van der Waals surface area contributed by atoms with Crippen LogP contribution in [0.25, 0.3) is 0 Å². The smallest absolute Gasteiger partial charge is 0.228 e. The number of fused-ring (bicyclic) bond motifs is 1. The fourth-order valence-corrected chi connectivity index (χ4v) is 3.11. The molecular weight excluding hydrogens is 246 g/mol. The van der Waals surface area contributed by atoms with Crippen LogP contribution < -0.4 is 5.32 Å². The van der Waals surface area contributed by atoms with Gasteiger partial charge in [-0.3, -0.25) is 9.59 Å². The molecule has 1 aliphatic rings. The van der Waals surface area contributed by atoms with Gasteiger partial charge in [-0.05, 0) is 11.6 Å². The standard InChI is InChI=1S/C14H17NO2S/c1-9(2)12(16)7-15-14(17)11-8-18-13-6-4-3-5-10(11)13/h3-6,9,11H,7-8H2,1-2H3,(H,15,17). The molecule has 0 radical (unpaired) electrons. The van der Waals surface area contributed by atoms with E-state index < -0.39 is 0 Å². The van der Waals surface area contributed by atoms with Gasteiger partial charge in [0.15, 0.2) is 5.78 Å². The van der Waals surface area contributed by atoms with Crippen LogP contribution in [0.4, 0.5) is 0 Å². The lowest BCUT2D eigenvalue weighted by molar-refractivity contribution is -0.127. The molecule has 1 heterocycles. The van der Waals surface area contributed by atoms with Crippen LogP contribution in [0.1, 0.15) is 25.3 Å². The van der Waals surface area contributed by atoms with Crippen LogP contribution in [0.5, 0.6) is 0 Å². The molecule has 1 atom stereocenters. The van der Waals surface area contributed by atoms with Gasteiger partial charge >= 0.3 is 0 Å². The number of Topliss-reactive ketones (excluding diaryl/α,β-unsaturated/α-hetero) is 1. The minimum Gasteiger partial charge on any atom is -0.348 e. The predicted molar refractivity (Wildman–Crippen MR) is 72.8 cm³/mol. The minimum absolute atomic E-state index is 0.0319. The summed E-state index contributed by atoms with van der Waals surface area (Å²) < 4.78 is 0. The Hall–Kier alpha value is -1.29. The Morgan fingerprint density at radius 2 is 2.11 bits per heavy atom. The number of thioether (sulfide) groups is 1. The van der Waals surface area contributed by atoms with Gasteiger partial charge in [0.05, 0.1) is 12.5 Å². The van der Waals surface area contributed by atoms with E-state index in [1.54, 1.807) is 11.8 Å². The largest absolute Gasteiger partial charge is 0.348 e. The molecule has 3 nitrogen and oxygen atoms in total. The molecule has 0 aromatic heterocycles. The molecule has 18 heavy (non-hydrogen) atoms. The SMILES string of the molecule is CC(C)C(=O)CNC(=O)C1CSc2ccccc21. The Labute approximate surface area is 111 Å². The van der Waals surface area contributed by atoms with Crippen molar-refractivity contribution < 1.29 is 9.59 Å². The van der Waals surface area contributed by atoms with Crippen molar-refractivity contribution >= 4 is 23.5 Å². The Morgan fingerprint density at radius 3 is 2.83 bits per heavy atom. The second-order valence-electron chi connectivity index (χ2n) is 4.74. The van der Waals surface area contributed by atoms with Crippen molar-refractivity contribution in [3.8, 4) is 0 Å². The first-order valence-corrected chi connectivity index (χ1v) is 7.10. The van der Waals surface area contributed by atoms with E-state index in [0.29, 0.717) is 0 Å². The van der Waals surface area contributed by atoms with E-state index in [1.165, 1.54) is 4.90 Å². The minimum atomic E-state index is -0.119. The summed E-state index contributed by atoms with van der Waals surface area (Å²) in [6, 6.07) is 7.95. The summed E-state index contributed by atoms with van der Waals surface area (Å²) in [4.78, 5) is 24.7. The van der Waals surface area contributed by atoms with Gasteiger partial charge in [0, 0.05) is 16.6 Å². The summed E-state index contributed by atoms with van der Waals surface area (Å²) in [5.74, 6) is 0.645. The highest BCUT2D eigenvalue weighted by Crippen LogP contribution is 2.39. The summed E-state index contributed by atoms with van der Waals surface area (Å²) in [6.07, 6.45) is 0. The van der Waals surface area contributed by atoms with Gasteiger partial charge in [0.2, 0.25) is 5.91 Å². The van der Waals surface area contributed by atoms with Crippen LogP contribution in [0, 0.1) is 5.92 Å². The average molecular weight is 263 g/mol. The predicted octanol–water partition coefficient (Wildman–Crippen LogP) is 2.22.